The monoisotopic (exact) mass is 461 g/mol. The number of amides is 1. The van der Waals surface area contributed by atoms with E-state index in [1.807, 2.05) is 42.5 Å². The van der Waals surface area contributed by atoms with Crippen LogP contribution in [-0.4, -0.2) is 55.5 Å². The molecule has 1 aromatic carbocycles. The molecule has 2 rings (SSSR count). The Bertz CT molecular complexity index is 789. The summed E-state index contributed by atoms with van der Waals surface area (Å²) in [5.41, 5.74) is 0.676. The third kappa shape index (κ3) is 7.37. The maximum absolute atomic E-state index is 12.6. The molecule has 0 aromatic heterocycles. The minimum absolute atomic E-state index is 0.0138. The highest BCUT2D eigenvalue weighted by atomic mass is 32.2. The predicted octanol–water partition coefficient (Wildman–Crippen LogP) is 5.90. The molecule has 1 saturated heterocycles. The van der Waals surface area contributed by atoms with Crippen LogP contribution in [0.2, 0.25) is 18.1 Å². The van der Waals surface area contributed by atoms with Gasteiger partial charge in [0.1, 0.15) is 6.61 Å². The summed E-state index contributed by atoms with van der Waals surface area (Å²) in [7, 11) is -1.83. The van der Waals surface area contributed by atoms with E-state index in [1.165, 1.54) is 11.8 Å². The number of thioether (sulfide) groups is 1. The van der Waals surface area contributed by atoms with Crippen molar-refractivity contribution in [3.05, 3.63) is 60.7 Å². The zero-order valence-electron chi connectivity index (χ0n) is 19.3. The number of likely N-dealkylation sites (tertiary alicyclic amines) is 1. The lowest BCUT2D eigenvalue weighted by atomic mass is 10.2. The topological polar surface area (TPSA) is 55.8 Å². The van der Waals surface area contributed by atoms with Gasteiger partial charge in [0.05, 0.1) is 12.6 Å². The Morgan fingerprint density at radius 3 is 2.52 bits per heavy atom. The minimum atomic E-state index is -1.83. The van der Waals surface area contributed by atoms with Gasteiger partial charge in [0.15, 0.2) is 8.32 Å². The second-order valence-electron chi connectivity index (χ2n) is 9.21. The van der Waals surface area contributed by atoms with Crippen LogP contribution in [0.4, 0.5) is 4.79 Å². The molecule has 0 bridgehead atoms. The summed E-state index contributed by atoms with van der Waals surface area (Å²) >= 11 is 1.29. The van der Waals surface area contributed by atoms with Gasteiger partial charge in [-0.05, 0) is 24.6 Å². The largest absolute Gasteiger partial charge is 0.445 e. The van der Waals surface area contributed by atoms with Gasteiger partial charge >= 0.3 is 6.09 Å². The first kappa shape index (κ1) is 25.4. The maximum Gasteiger partial charge on any atom is 0.410 e. The smallest absolute Gasteiger partial charge is 0.410 e. The first-order chi connectivity index (χ1) is 14.5. The van der Waals surface area contributed by atoms with Crippen LogP contribution in [0.15, 0.2) is 55.1 Å². The second kappa shape index (κ2) is 11.2. The summed E-state index contributed by atoms with van der Waals surface area (Å²) < 4.78 is 11.5. The van der Waals surface area contributed by atoms with Crippen LogP contribution in [0.25, 0.3) is 0 Å². The van der Waals surface area contributed by atoms with E-state index in [9.17, 15) is 9.59 Å². The third-order valence-corrected chi connectivity index (χ3v) is 11.5. The van der Waals surface area contributed by atoms with Gasteiger partial charge in [0.2, 0.25) is 5.12 Å². The second-order valence-corrected chi connectivity index (χ2v) is 15.3. The Hall–Kier alpha value is -1.83. The van der Waals surface area contributed by atoms with Crippen molar-refractivity contribution in [3.8, 4) is 0 Å². The van der Waals surface area contributed by atoms with Gasteiger partial charge < -0.3 is 14.1 Å². The number of hydrogen-bond donors (Lipinski definition) is 0. The summed E-state index contributed by atoms with van der Waals surface area (Å²) in [4.78, 5) is 26.8. The number of carbonyl (C=O) groups excluding carboxylic acids is 2. The molecule has 5 nitrogen and oxygen atoms in total. The molecule has 1 fully saturated rings. The fraction of sp³-hybridized carbons (Fsp3) is 0.500. The van der Waals surface area contributed by atoms with Crippen molar-refractivity contribution in [2.24, 2.45) is 0 Å². The van der Waals surface area contributed by atoms with Crippen molar-refractivity contribution in [3.63, 3.8) is 0 Å². The van der Waals surface area contributed by atoms with Crippen LogP contribution in [-0.2, 0) is 9.16 Å². The zero-order valence-corrected chi connectivity index (χ0v) is 21.1. The van der Waals surface area contributed by atoms with Gasteiger partial charge in [-0.25, -0.2) is 4.79 Å². The molecule has 1 aromatic rings. The Balaban J connectivity index is 2.02. The number of benzene rings is 1. The highest BCUT2D eigenvalue weighted by molar-refractivity contribution is 8.14. The Morgan fingerprint density at radius 1 is 1.23 bits per heavy atom. The average molecular weight is 462 g/mol. The fourth-order valence-corrected chi connectivity index (χ4v) is 5.05. The Morgan fingerprint density at radius 2 is 1.90 bits per heavy atom. The highest BCUT2D eigenvalue weighted by Gasteiger charge is 2.38. The van der Waals surface area contributed by atoms with Gasteiger partial charge in [0.25, 0.3) is 0 Å². The van der Waals surface area contributed by atoms with E-state index < -0.39 is 8.32 Å². The Labute approximate surface area is 192 Å². The molecule has 1 aliphatic rings. The van der Waals surface area contributed by atoms with Crippen LogP contribution in [0.1, 0.15) is 37.6 Å². The van der Waals surface area contributed by atoms with Crippen molar-refractivity contribution in [2.45, 2.75) is 56.6 Å². The number of ether oxygens (including phenoxy) is 1. The number of rotatable bonds is 8. The van der Waals surface area contributed by atoms with Crippen LogP contribution in [0, 0.1) is 0 Å². The van der Waals surface area contributed by atoms with Crippen molar-refractivity contribution in [2.75, 3.05) is 19.8 Å². The van der Waals surface area contributed by atoms with Crippen LogP contribution >= 0.6 is 11.8 Å². The summed E-state index contributed by atoms with van der Waals surface area (Å²) in [5, 5.41) is 0.185. The van der Waals surface area contributed by atoms with E-state index >= 15 is 0 Å². The molecule has 170 valence electrons. The van der Waals surface area contributed by atoms with E-state index in [2.05, 4.69) is 40.4 Å². The lowest BCUT2D eigenvalue weighted by molar-refractivity contribution is 0.108. The van der Waals surface area contributed by atoms with Gasteiger partial charge in [-0.2, -0.15) is 0 Å². The molecule has 0 spiro atoms. The molecule has 0 radical (unpaired) electrons. The molecule has 0 saturated carbocycles. The molecule has 0 N–H and O–H groups in total. The molecule has 7 heteroatoms. The SMILES string of the molecule is C=CCOC(=O)N1C[C@@H](SC(=O)c2ccccc2)C[C@H]1/C=C/CO[Si](C)(C)C(C)(C)C. The molecule has 1 aliphatic heterocycles. The van der Waals surface area contributed by atoms with Crippen LogP contribution < -0.4 is 0 Å². The van der Waals surface area contributed by atoms with E-state index in [1.54, 1.807) is 11.0 Å². The predicted molar refractivity (Wildman–Crippen MR) is 131 cm³/mol. The third-order valence-electron chi connectivity index (χ3n) is 5.85. The van der Waals surface area contributed by atoms with Gasteiger partial charge in [0, 0.05) is 17.4 Å². The standard InChI is InChI=1S/C24H35NO4SSi/c1-7-15-28-23(27)25-18-21(30-22(26)19-12-9-8-10-13-19)17-20(25)14-11-16-29-31(5,6)24(2,3)4/h7-14,20-21H,1,15-18H2,2-6H3/b14-11+/t20-,21+/m1/s1. The van der Waals surface area contributed by atoms with E-state index in [0.717, 1.165) is 0 Å². The Kier molecular flexibility index (Phi) is 9.15. The van der Waals surface area contributed by atoms with Crippen molar-refractivity contribution in [1.82, 2.24) is 4.90 Å². The number of nitrogens with zero attached hydrogens (tertiary/aromatic N) is 1. The van der Waals surface area contributed by atoms with Crippen molar-refractivity contribution >= 4 is 31.3 Å². The van der Waals surface area contributed by atoms with Crippen molar-refractivity contribution in [1.29, 1.82) is 0 Å². The molecule has 0 aliphatic carbocycles. The lowest BCUT2D eigenvalue weighted by Crippen LogP contribution is -2.40. The van der Waals surface area contributed by atoms with Crippen molar-refractivity contribution < 1.29 is 18.8 Å². The maximum atomic E-state index is 12.6. The minimum Gasteiger partial charge on any atom is -0.445 e. The molecule has 31 heavy (non-hydrogen) atoms. The van der Waals surface area contributed by atoms with E-state index in [-0.39, 0.29) is 34.1 Å². The lowest BCUT2D eigenvalue weighted by Gasteiger charge is -2.35. The quantitative estimate of drug-likeness (QED) is 0.356. The van der Waals surface area contributed by atoms with Crippen LogP contribution in [0.3, 0.4) is 0 Å². The first-order valence-electron chi connectivity index (χ1n) is 10.7. The van der Waals surface area contributed by atoms with E-state index in [0.29, 0.717) is 25.1 Å². The van der Waals surface area contributed by atoms with Gasteiger partial charge in [-0.3, -0.25) is 4.79 Å². The van der Waals surface area contributed by atoms with Gasteiger partial charge in [-0.1, -0.05) is 87.7 Å². The molecular formula is C24H35NO4SSi. The molecule has 2 atom stereocenters. The van der Waals surface area contributed by atoms with E-state index in [4.69, 9.17) is 9.16 Å². The highest BCUT2D eigenvalue weighted by Crippen LogP contribution is 2.36. The summed E-state index contributed by atoms with van der Waals surface area (Å²) in [6.45, 7) is 15.8. The van der Waals surface area contributed by atoms with Crippen LogP contribution in [0.5, 0.6) is 0 Å². The summed E-state index contributed by atoms with van der Waals surface area (Å²) in [6.07, 6.45) is 5.87. The normalized spacial score (nSPS) is 19.6. The molecule has 0 unspecified atom stereocenters. The van der Waals surface area contributed by atoms with Gasteiger partial charge in [-0.15, -0.1) is 0 Å². The fourth-order valence-electron chi connectivity index (χ4n) is 3.00. The average Bonchev–Trinajstić information content (AvgIpc) is 3.11. The first-order valence-corrected chi connectivity index (χ1v) is 14.4. The molecular weight excluding hydrogens is 426 g/mol. The summed E-state index contributed by atoms with van der Waals surface area (Å²) in [6, 6.07) is 9.11. The number of carbonyl (C=O) groups is 2. The molecule has 1 heterocycles. The summed E-state index contributed by atoms with van der Waals surface area (Å²) in [5.74, 6) is 0. The number of hydrogen-bond acceptors (Lipinski definition) is 5. The zero-order chi connectivity index (χ0) is 23.1. The molecule has 1 amide bonds.